The van der Waals surface area contributed by atoms with E-state index in [-0.39, 0.29) is 23.6 Å². The Hall–Kier alpha value is -3.97. The number of carbonyl (C=O) groups is 3. The number of hydrogen-bond donors (Lipinski definition) is 3. The number of nitrogens with two attached hydrogens (primary N) is 1. The van der Waals surface area contributed by atoms with Gasteiger partial charge in [-0.25, -0.2) is 9.59 Å². The summed E-state index contributed by atoms with van der Waals surface area (Å²) in [6, 6.07) is 16.3. The lowest BCUT2D eigenvalue weighted by Crippen LogP contribution is -2.51. The molecule has 2 aromatic rings. The molecule has 0 spiro atoms. The van der Waals surface area contributed by atoms with Crippen molar-refractivity contribution in [3.8, 4) is 11.8 Å². The summed E-state index contributed by atoms with van der Waals surface area (Å²) in [7, 11) is 1.54. The van der Waals surface area contributed by atoms with Crippen molar-refractivity contribution < 1.29 is 23.9 Å². The molecule has 0 saturated heterocycles. The highest BCUT2D eigenvalue weighted by Gasteiger charge is 2.41. The Labute approximate surface area is 207 Å². The number of methoxy groups -OCH3 is 1. The number of benzene rings is 2. The number of nitriles is 1. The van der Waals surface area contributed by atoms with Crippen molar-refractivity contribution in [2.45, 2.75) is 30.6 Å². The number of nitrogens with zero attached hydrogens (tertiary/aromatic N) is 1. The van der Waals surface area contributed by atoms with Crippen molar-refractivity contribution in [1.82, 2.24) is 10.6 Å². The van der Waals surface area contributed by atoms with Gasteiger partial charge in [-0.1, -0.05) is 54.2 Å². The molecule has 0 fully saturated rings. The van der Waals surface area contributed by atoms with Crippen LogP contribution < -0.4 is 21.1 Å². The standard InChI is InChI=1S/C25H26N4O5S/c1-3-34-24(31)19(13-15-7-5-4-6-8-15)28-25(32)29-23(30)21-20(18(14-26)22(27)35-21)16-9-11-17(33-2)12-10-16/h4-12,19-21H,3,13,27H2,1-2H3,(H2,28,29,30,32)/t19-,20-,21-/m0/s1. The monoisotopic (exact) mass is 494 g/mol. The first-order valence-corrected chi connectivity index (χ1v) is 11.8. The van der Waals surface area contributed by atoms with Gasteiger partial charge in [0.25, 0.3) is 0 Å². The topological polar surface area (TPSA) is 144 Å². The lowest BCUT2D eigenvalue weighted by atomic mass is 9.88. The van der Waals surface area contributed by atoms with E-state index in [1.807, 2.05) is 30.3 Å². The van der Waals surface area contributed by atoms with Crippen LogP contribution in [0, 0.1) is 11.3 Å². The van der Waals surface area contributed by atoms with Gasteiger partial charge in [-0.3, -0.25) is 10.1 Å². The van der Waals surface area contributed by atoms with Gasteiger partial charge in [-0.2, -0.15) is 5.26 Å². The van der Waals surface area contributed by atoms with Crippen LogP contribution in [0.15, 0.2) is 65.2 Å². The van der Waals surface area contributed by atoms with E-state index < -0.39 is 35.1 Å². The van der Waals surface area contributed by atoms with Gasteiger partial charge in [-0.15, -0.1) is 0 Å². The quantitative estimate of drug-likeness (QED) is 0.475. The van der Waals surface area contributed by atoms with E-state index in [1.165, 1.54) is 7.11 Å². The summed E-state index contributed by atoms with van der Waals surface area (Å²) in [5.74, 6) is -1.26. The summed E-state index contributed by atoms with van der Waals surface area (Å²) >= 11 is 1.02. The number of urea groups is 1. The molecule has 35 heavy (non-hydrogen) atoms. The summed E-state index contributed by atoms with van der Waals surface area (Å²) in [4.78, 5) is 38.2. The minimum atomic E-state index is -0.989. The Morgan fingerprint density at radius 3 is 2.43 bits per heavy atom. The van der Waals surface area contributed by atoms with Gasteiger partial charge >= 0.3 is 12.0 Å². The molecule has 3 amide bonds. The molecule has 0 unspecified atom stereocenters. The summed E-state index contributed by atoms with van der Waals surface area (Å²) < 4.78 is 10.3. The molecule has 0 bridgehead atoms. The molecule has 1 aliphatic rings. The SMILES string of the molecule is CCOC(=O)[C@H](Cc1ccccc1)NC(=O)NC(=O)[C@H]1SC(N)=C(C#N)[C@@H]1c1ccc(OC)cc1. The van der Waals surface area contributed by atoms with Gasteiger partial charge in [0.15, 0.2) is 0 Å². The lowest BCUT2D eigenvalue weighted by molar-refractivity contribution is -0.145. The third-order valence-corrected chi connectivity index (χ3v) is 6.60. The van der Waals surface area contributed by atoms with E-state index in [4.69, 9.17) is 15.2 Å². The summed E-state index contributed by atoms with van der Waals surface area (Å²) in [6.45, 7) is 1.82. The highest BCUT2D eigenvalue weighted by molar-refractivity contribution is 8.04. The van der Waals surface area contributed by atoms with Crippen LogP contribution in [0.5, 0.6) is 5.75 Å². The molecule has 0 saturated carbocycles. The third-order valence-electron chi connectivity index (χ3n) is 5.38. The minimum Gasteiger partial charge on any atom is -0.497 e. The van der Waals surface area contributed by atoms with Gasteiger partial charge < -0.3 is 20.5 Å². The Bertz CT molecular complexity index is 1140. The molecule has 3 atom stereocenters. The normalized spacial score (nSPS) is 17.7. The van der Waals surface area contributed by atoms with Crippen molar-refractivity contribution >= 4 is 29.7 Å². The van der Waals surface area contributed by atoms with Crippen LogP contribution in [-0.4, -0.2) is 42.9 Å². The third kappa shape index (κ3) is 6.33. The number of carbonyl (C=O) groups excluding carboxylic acids is 3. The second kappa shape index (κ2) is 11.9. The number of hydrogen-bond acceptors (Lipinski definition) is 8. The lowest BCUT2D eigenvalue weighted by Gasteiger charge is -2.21. The number of thioether (sulfide) groups is 1. The smallest absolute Gasteiger partial charge is 0.329 e. The van der Waals surface area contributed by atoms with Gasteiger partial charge in [0.2, 0.25) is 5.91 Å². The minimum absolute atomic E-state index is 0.149. The van der Waals surface area contributed by atoms with E-state index in [9.17, 15) is 19.6 Å². The molecule has 0 aliphatic carbocycles. The molecule has 2 aromatic carbocycles. The maximum atomic E-state index is 13.1. The molecular formula is C25H26N4O5S. The molecule has 9 nitrogen and oxygen atoms in total. The second-order valence-corrected chi connectivity index (χ2v) is 8.82. The fourth-order valence-electron chi connectivity index (χ4n) is 3.72. The highest BCUT2D eigenvalue weighted by Crippen LogP contribution is 2.45. The zero-order valence-electron chi connectivity index (χ0n) is 19.3. The summed E-state index contributed by atoms with van der Waals surface area (Å²) in [5, 5.41) is 13.8. The van der Waals surface area contributed by atoms with Crippen LogP contribution in [0.4, 0.5) is 4.79 Å². The predicted octanol–water partition coefficient (Wildman–Crippen LogP) is 2.59. The van der Waals surface area contributed by atoms with Crippen molar-refractivity contribution in [1.29, 1.82) is 5.26 Å². The average Bonchev–Trinajstić information content (AvgIpc) is 3.20. The van der Waals surface area contributed by atoms with Crippen LogP contribution in [0.2, 0.25) is 0 Å². The maximum absolute atomic E-state index is 13.1. The zero-order chi connectivity index (χ0) is 25.4. The summed E-state index contributed by atoms with van der Waals surface area (Å²) in [5.41, 5.74) is 7.79. The molecule has 182 valence electrons. The largest absolute Gasteiger partial charge is 0.497 e. The second-order valence-electron chi connectivity index (χ2n) is 7.64. The van der Waals surface area contributed by atoms with Gasteiger partial charge in [0.1, 0.15) is 17.0 Å². The number of rotatable bonds is 8. The van der Waals surface area contributed by atoms with Crippen LogP contribution in [0.1, 0.15) is 24.0 Å². The molecule has 10 heteroatoms. The highest BCUT2D eigenvalue weighted by atomic mass is 32.2. The first-order chi connectivity index (χ1) is 16.9. The number of ether oxygens (including phenoxy) is 2. The van der Waals surface area contributed by atoms with Crippen molar-refractivity contribution in [2.75, 3.05) is 13.7 Å². The van der Waals surface area contributed by atoms with Crippen LogP contribution >= 0.6 is 11.8 Å². The zero-order valence-corrected chi connectivity index (χ0v) is 20.1. The molecular weight excluding hydrogens is 468 g/mol. The van der Waals surface area contributed by atoms with Crippen LogP contribution in [0.25, 0.3) is 0 Å². The predicted molar refractivity (Wildman–Crippen MR) is 131 cm³/mol. The van der Waals surface area contributed by atoms with Crippen LogP contribution in [-0.2, 0) is 20.7 Å². The van der Waals surface area contributed by atoms with Gasteiger partial charge in [0.05, 0.1) is 30.4 Å². The number of nitrogens with one attached hydrogen (secondary N) is 2. The fourth-order valence-corrected chi connectivity index (χ4v) is 4.89. The maximum Gasteiger partial charge on any atom is 0.329 e. The Kier molecular flexibility index (Phi) is 8.75. The van der Waals surface area contributed by atoms with E-state index in [0.717, 1.165) is 17.3 Å². The van der Waals surface area contributed by atoms with Crippen molar-refractivity contribution in [3.63, 3.8) is 0 Å². The van der Waals surface area contributed by atoms with Crippen LogP contribution in [0.3, 0.4) is 0 Å². The molecule has 1 aliphatic heterocycles. The van der Waals surface area contributed by atoms with E-state index in [1.54, 1.807) is 31.2 Å². The molecule has 4 N–H and O–H groups in total. The van der Waals surface area contributed by atoms with E-state index in [2.05, 4.69) is 16.7 Å². The van der Waals surface area contributed by atoms with Gasteiger partial charge in [0, 0.05) is 12.3 Å². The first-order valence-electron chi connectivity index (χ1n) is 10.9. The van der Waals surface area contributed by atoms with Gasteiger partial charge in [-0.05, 0) is 30.2 Å². The molecule has 1 heterocycles. The average molecular weight is 495 g/mol. The van der Waals surface area contributed by atoms with E-state index in [0.29, 0.717) is 11.3 Å². The Balaban J connectivity index is 1.74. The molecule has 3 rings (SSSR count). The Morgan fingerprint density at radius 2 is 1.83 bits per heavy atom. The Morgan fingerprint density at radius 1 is 1.14 bits per heavy atom. The first kappa shape index (κ1) is 25.6. The number of imide groups is 1. The van der Waals surface area contributed by atoms with Crippen molar-refractivity contribution in [2.24, 2.45) is 5.73 Å². The number of allylic oxidation sites excluding steroid dienone is 1. The number of amides is 3. The summed E-state index contributed by atoms with van der Waals surface area (Å²) in [6.07, 6.45) is 0.195. The fraction of sp³-hybridized carbons (Fsp3) is 0.280. The van der Waals surface area contributed by atoms with E-state index >= 15 is 0 Å². The number of esters is 1. The van der Waals surface area contributed by atoms with Crippen molar-refractivity contribution in [3.05, 3.63) is 76.3 Å². The molecule has 0 aromatic heterocycles. The molecule has 0 radical (unpaired) electrons.